The standard InChI is InChI=1S/C19H28FNO3S/c1-18(2,3)13-19(4,5)21-16(22)12-24-17(23)10-11-25-15-8-6-14(20)7-9-15/h6-9H,10-13H2,1-5H3,(H,21,22). The monoisotopic (exact) mass is 369 g/mol. The number of carbonyl (C=O) groups excluding carboxylic acids is 2. The van der Waals surface area contributed by atoms with E-state index in [4.69, 9.17) is 4.74 Å². The minimum absolute atomic E-state index is 0.0883. The maximum absolute atomic E-state index is 12.8. The van der Waals surface area contributed by atoms with Crippen LogP contribution >= 0.6 is 11.8 Å². The number of benzene rings is 1. The van der Waals surface area contributed by atoms with Crippen molar-refractivity contribution in [3.05, 3.63) is 30.1 Å². The van der Waals surface area contributed by atoms with Gasteiger partial charge in [-0.1, -0.05) is 20.8 Å². The number of carbonyl (C=O) groups is 2. The lowest BCUT2D eigenvalue weighted by Gasteiger charge is -2.33. The van der Waals surface area contributed by atoms with E-state index in [0.717, 1.165) is 11.3 Å². The Hall–Kier alpha value is -1.56. The highest BCUT2D eigenvalue weighted by Crippen LogP contribution is 2.26. The third-order valence-electron chi connectivity index (χ3n) is 3.20. The van der Waals surface area contributed by atoms with Crippen molar-refractivity contribution in [3.63, 3.8) is 0 Å². The van der Waals surface area contributed by atoms with Crippen molar-refractivity contribution in [2.75, 3.05) is 12.4 Å². The van der Waals surface area contributed by atoms with Gasteiger partial charge in [-0.15, -0.1) is 11.8 Å². The van der Waals surface area contributed by atoms with Crippen LogP contribution in [0.1, 0.15) is 47.5 Å². The second kappa shape index (κ2) is 9.22. The molecule has 6 heteroatoms. The van der Waals surface area contributed by atoms with Crippen molar-refractivity contribution in [3.8, 4) is 0 Å². The Balaban J connectivity index is 2.26. The van der Waals surface area contributed by atoms with Gasteiger partial charge in [0.15, 0.2) is 6.61 Å². The van der Waals surface area contributed by atoms with Crippen molar-refractivity contribution in [1.82, 2.24) is 5.32 Å². The van der Waals surface area contributed by atoms with Gasteiger partial charge in [-0.05, 0) is 49.9 Å². The maximum atomic E-state index is 12.8. The molecule has 0 aromatic heterocycles. The third-order valence-corrected chi connectivity index (χ3v) is 4.22. The number of thioether (sulfide) groups is 1. The number of nitrogens with one attached hydrogen (secondary N) is 1. The molecule has 0 unspecified atom stereocenters. The average molecular weight is 370 g/mol. The Labute approximate surface area is 153 Å². The summed E-state index contributed by atoms with van der Waals surface area (Å²) in [5.41, 5.74) is -0.273. The summed E-state index contributed by atoms with van der Waals surface area (Å²) in [5.74, 6) is -0.488. The predicted molar refractivity (Wildman–Crippen MR) is 99.0 cm³/mol. The molecule has 1 N–H and O–H groups in total. The first-order valence-electron chi connectivity index (χ1n) is 8.32. The van der Waals surface area contributed by atoms with Crippen molar-refractivity contribution in [2.24, 2.45) is 5.41 Å². The summed E-state index contributed by atoms with van der Waals surface area (Å²) in [6.45, 7) is 9.97. The fourth-order valence-corrected chi connectivity index (χ4v) is 3.62. The van der Waals surface area contributed by atoms with Crippen LogP contribution in [0.5, 0.6) is 0 Å². The summed E-state index contributed by atoms with van der Waals surface area (Å²) in [5, 5.41) is 2.90. The number of esters is 1. The van der Waals surface area contributed by atoms with E-state index >= 15 is 0 Å². The highest BCUT2D eigenvalue weighted by atomic mass is 32.2. The first-order valence-corrected chi connectivity index (χ1v) is 9.30. The Morgan fingerprint density at radius 3 is 2.28 bits per heavy atom. The summed E-state index contributed by atoms with van der Waals surface area (Å²) < 4.78 is 17.8. The normalized spacial score (nSPS) is 11.9. The van der Waals surface area contributed by atoms with Crippen LogP contribution in [0, 0.1) is 11.2 Å². The molecular formula is C19H28FNO3S. The van der Waals surface area contributed by atoms with Gasteiger partial charge >= 0.3 is 5.97 Å². The molecule has 0 saturated carbocycles. The van der Waals surface area contributed by atoms with E-state index in [2.05, 4.69) is 26.1 Å². The Morgan fingerprint density at radius 1 is 1.12 bits per heavy atom. The second-order valence-corrected chi connectivity index (χ2v) is 9.05. The zero-order chi connectivity index (χ0) is 19.1. The van der Waals surface area contributed by atoms with E-state index in [9.17, 15) is 14.0 Å². The molecule has 0 radical (unpaired) electrons. The molecule has 25 heavy (non-hydrogen) atoms. The van der Waals surface area contributed by atoms with Crippen LogP contribution in [0.25, 0.3) is 0 Å². The Morgan fingerprint density at radius 2 is 1.72 bits per heavy atom. The lowest BCUT2D eigenvalue weighted by Crippen LogP contribution is -2.47. The van der Waals surface area contributed by atoms with Crippen LogP contribution in [-0.2, 0) is 14.3 Å². The van der Waals surface area contributed by atoms with Gasteiger partial charge in [0.1, 0.15) is 5.82 Å². The first-order chi connectivity index (χ1) is 11.5. The summed E-state index contributed by atoms with van der Waals surface area (Å²) >= 11 is 1.44. The summed E-state index contributed by atoms with van der Waals surface area (Å²) in [7, 11) is 0. The molecular weight excluding hydrogens is 341 g/mol. The van der Waals surface area contributed by atoms with Gasteiger partial charge in [-0.3, -0.25) is 9.59 Å². The molecule has 0 spiro atoms. The first kappa shape index (κ1) is 21.5. The zero-order valence-electron chi connectivity index (χ0n) is 15.6. The van der Waals surface area contributed by atoms with Crippen molar-refractivity contribution < 1.29 is 18.7 Å². The molecule has 0 aliphatic rings. The van der Waals surface area contributed by atoms with E-state index in [-0.39, 0.29) is 35.7 Å². The minimum Gasteiger partial charge on any atom is -0.456 e. The van der Waals surface area contributed by atoms with E-state index in [1.165, 1.54) is 23.9 Å². The fraction of sp³-hybridized carbons (Fsp3) is 0.579. The highest BCUT2D eigenvalue weighted by Gasteiger charge is 2.27. The van der Waals surface area contributed by atoms with Gasteiger partial charge in [0.05, 0.1) is 6.42 Å². The number of hydrogen-bond donors (Lipinski definition) is 1. The molecule has 1 aromatic rings. The molecule has 0 heterocycles. The predicted octanol–water partition coefficient (Wildman–Crippen LogP) is 4.18. The molecule has 0 aliphatic carbocycles. The number of halogens is 1. The Bertz CT molecular complexity index is 579. The van der Waals surface area contributed by atoms with Crippen molar-refractivity contribution >= 4 is 23.6 Å². The molecule has 1 amide bonds. The molecule has 0 saturated heterocycles. The molecule has 4 nitrogen and oxygen atoms in total. The molecule has 0 fully saturated rings. The van der Waals surface area contributed by atoms with Crippen LogP contribution in [-0.4, -0.2) is 29.8 Å². The zero-order valence-corrected chi connectivity index (χ0v) is 16.5. The van der Waals surface area contributed by atoms with E-state index < -0.39 is 5.97 Å². The van der Waals surface area contributed by atoms with Crippen LogP contribution in [0.15, 0.2) is 29.2 Å². The number of amides is 1. The number of ether oxygens (including phenoxy) is 1. The summed E-state index contributed by atoms with van der Waals surface area (Å²) in [4.78, 5) is 24.5. The van der Waals surface area contributed by atoms with Crippen molar-refractivity contribution in [1.29, 1.82) is 0 Å². The fourth-order valence-electron chi connectivity index (χ4n) is 2.78. The van der Waals surface area contributed by atoms with Gasteiger partial charge < -0.3 is 10.1 Å². The van der Waals surface area contributed by atoms with Crippen LogP contribution in [0.3, 0.4) is 0 Å². The molecule has 1 rings (SSSR count). The SMILES string of the molecule is CC(C)(C)CC(C)(C)NC(=O)COC(=O)CCSc1ccc(F)cc1. The molecule has 140 valence electrons. The van der Waals surface area contributed by atoms with Crippen LogP contribution in [0.4, 0.5) is 4.39 Å². The van der Waals surface area contributed by atoms with Gasteiger partial charge in [-0.2, -0.15) is 0 Å². The largest absolute Gasteiger partial charge is 0.456 e. The van der Waals surface area contributed by atoms with E-state index in [0.29, 0.717) is 5.75 Å². The topological polar surface area (TPSA) is 55.4 Å². The second-order valence-electron chi connectivity index (χ2n) is 7.88. The molecule has 0 aliphatic heterocycles. The molecule has 0 bridgehead atoms. The smallest absolute Gasteiger partial charge is 0.307 e. The van der Waals surface area contributed by atoms with E-state index in [1.807, 2.05) is 13.8 Å². The van der Waals surface area contributed by atoms with Gasteiger partial charge in [-0.25, -0.2) is 4.39 Å². The summed E-state index contributed by atoms with van der Waals surface area (Å²) in [6.07, 6.45) is 1.01. The minimum atomic E-state index is -0.418. The van der Waals surface area contributed by atoms with Gasteiger partial charge in [0.25, 0.3) is 5.91 Å². The van der Waals surface area contributed by atoms with Gasteiger partial charge in [0, 0.05) is 16.2 Å². The summed E-state index contributed by atoms with van der Waals surface area (Å²) in [6, 6.07) is 6.08. The Kier molecular flexibility index (Phi) is 7.93. The quantitative estimate of drug-likeness (QED) is 0.552. The van der Waals surface area contributed by atoms with Gasteiger partial charge in [0.2, 0.25) is 0 Å². The highest BCUT2D eigenvalue weighted by molar-refractivity contribution is 7.99. The van der Waals surface area contributed by atoms with Crippen LogP contribution < -0.4 is 5.32 Å². The van der Waals surface area contributed by atoms with Crippen LogP contribution in [0.2, 0.25) is 0 Å². The average Bonchev–Trinajstić information content (AvgIpc) is 2.44. The van der Waals surface area contributed by atoms with Crippen molar-refractivity contribution in [2.45, 2.75) is 57.9 Å². The lowest BCUT2D eigenvalue weighted by atomic mass is 9.82. The maximum Gasteiger partial charge on any atom is 0.307 e. The molecule has 0 atom stereocenters. The number of hydrogen-bond acceptors (Lipinski definition) is 4. The third kappa shape index (κ3) is 10.1. The number of rotatable bonds is 8. The van der Waals surface area contributed by atoms with E-state index in [1.54, 1.807) is 12.1 Å². The lowest BCUT2D eigenvalue weighted by molar-refractivity contribution is -0.148. The molecule has 1 aromatic carbocycles.